The molecule has 0 atom stereocenters. The molecule has 17 heavy (non-hydrogen) atoms. The van der Waals surface area contributed by atoms with Gasteiger partial charge < -0.3 is 10.1 Å². The SMILES string of the molecule is COc1cnc(NCCCC2CCCC2)nc1. The van der Waals surface area contributed by atoms with Crippen molar-refractivity contribution in [3.63, 3.8) is 0 Å². The molecule has 0 aliphatic heterocycles. The van der Waals surface area contributed by atoms with Gasteiger partial charge >= 0.3 is 0 Å². The Morgan fingerprint density at radius 3 is 2.65 bits per heavy atom. The molecular formula is C13H21N3O. The van der Waals surface area contributed by atoms with Crippen molar-refractivity contribution in [3.8, 4) is 5.75 Å². The number of hydrogen-bond donors (Lipinski definition) is 1. The minimum absolute atomic E-state index is 0.692. The van der Waals surface area contributed by atoms with Gasteiger partial charge in [-0.1, -0.05) is 25.7 Å². The lowest BCUT2D eigenvalue weighted by Gasteiger charge is -2.09. The fourth-order valence-corrected chi connectivity index (χ4v) is 2.40. The van der Waals surface area contributed by atoms with E-state index >= 15 is 0 Å². The molecule has 1 aliphatic rings. The molecule has 1 heterocycles. The highest BCUT2D eigenvalue weighted by Crippen LogP contribution is 2.28. The van der Waals surface area contributed by atoms with Crippen LogP contribution in [0.2, 0.25) is 0 Å². The predicted octanol–water partition coefficient (Wildman–Crippen LogP) is 2.87. The second-order valence-corrected chi connectivity index (χ2v) is 4.67. The van der Waals surface area contributed by atoms with E-state index in [9.17, 15) is 0 Å². The van der Waals surface area contributed by atoms with Gasteiger partial charge in [0, 0.05) is 6.54 Å². The van der Waals surface area contributed by atoms with Crippen LogP contribution in [0.1, 0.15) is 38.5 Å². The Morgan fingerprint density at radius 2 is 2.00 bits per heavy atom. The molecule has 1 N–H and O–H groups in total. The Bertz CT molecular complexity index is 320. The maximum Gasteiger partial charge on any atom is 0.222 e. The maximum atomic E-state index is 5.01. The number of hydrogen-bond acceptors (Lipinski definition) is 4. The molecule has 1 fully saturated rings. The minimum atomic E-state index is 0.692. The van der Waals surface area contributed by atoms with Crippen molar-refractivity contribution in [1.82, 2.24) is 9.97 Å². The zero-order valence-electron chi connectivity index (χ0n) is 10.5. The van der Waals surface area contributed by atoms with Crippen LogP contribution in [0, 0.1) is 5.92 Å². The maximum absolute atomic E-state index is 5.01. The fraction of sp³-hybridized carbons (Fsp3) is 0.692. The third-order valence-electron chi connectivity index (χ3n) is 3.41. The lowest BCUT2D eigenvalue weighted by molar-refractivity contribution is 0.411. The first-order valence-corrected chi connectivity index (χ1v) is 6.48. The molecule has 0 spiro atoms. The predicted molar refractivity (Wildman–Crippen MR) is 68.3 cm³/mol. The van der Waals surface area contributed by atoms with Crippen molar-refractivity contribution in [2.75, 3.05) is 19.0 Å². The summed E-state index contributed by atoms with van der Waals surface area (Å²) in [6.45, 7) is 0.961. The van der Waals surface area contributed by atoms with Gasteiger partial charge in [-0.25, -0.2) is 9.97 Å². The van der Waals surface area contributed by atoms with Crippen LogP contribution < -0.4 is 10.1 Å². The van der Waals surface area contributed by atoms with Crippen molar-refractivity contribution in [2.24, 2.45) is 5.92 Å². The number of anilines is 1. The summed E-state index contributed by atoms with van der Waals surface area (Å²) in [5.41, 5.74) is 0. The molecular weight excluding hydrogens is 214 g/mol. The van der Waals surface area contributed by atoms with Gasteiger partial charge in [0.2, 0.25) is 5.95 Å². The molecule has 0 radical (unpaired) electrons. The number of nitrogens with one attached hydrogen (secondary N) is 1. The van der Waals surface area contributed by atoms with Gasteiger partial charge in [0.25, 0.3) is 0 Å². The minimum Gasteiger partial charge on any atom is -0.494 e. The van der Waals surface area contributed by atoms with E-state index in [1.165, 1.54) is 38.5 Å². The molecule has 94 valence electrons. The summed E-state index contributed by atoms with van der Waals surface area (Å²) in [7, 11) is 1.62. The van der Waals surface area contributed by atoms with Crippen LogP contribution in [0.15, 0.2) is 12.4 Å². The van der Waals surface area contributed by atoms with Crippen LogP contribution >= 0.6 is 0 Å². The Labute approximate surface area is 103 Å². The summed E-state index contributed by atoms with van der Waals surface area (Å²) in [5.74, 6) is 2.35. The second-order valence-electron chi connectivity index (χ2n) is 4.67. The van der Waals surface area contributed by atoms with Gasteiger partial charge in [0.05, 0.1) is 19.5 Å². The van der Waals surface area contributed by atoms with Crippen molar-refractivity contribution in [1.29, 1.82) is 0 Å². The van der Waals surface area contributed by atoms with Crippen LogP contribution in [0.25, 0.3) is 0 Å². The van der Waals surface area contributed by atoms with Gasteiger partial charge in [-0.3, -0.25) is 0 Å². The van der Waals surface area contributed by atoms with E-state index < -0.39 is 0 Å². The highest BCUT2D eigenvalue weighted by Gasteiger charge is 2.13. The quantitative estimate of drug-likeness (QED) is 0.770. The number of aromatic nitrogens is 2. The Morgan fingerprint density at radius 1 is 1.29 bits per heavy atom. The summed E-state index contributed by atoms with van der Waals surface area (Å²) in [4.78, 5) is 8.34. The van der Waals surface area contributed by atoms with E-state index in [-0.39, 0.29) is 0 Å². The highest BCUT2D eigenvalue weighted by atomic mass is 16.5. The Hall–Kier alpha value is -1.32. The summed E-state index contributed by atoms with van der Waals surface area (Å²) in [6.07, 6.45) is 11.6. The average molecular weight is 235 g/mol. The van der Waals surface area contributed by atoms with Crippen LogP contribution in [0.5, 0.6) is 5.75 Å². The van der Waals surface area contributed by atoms with Crippen molar-refractivity contribution in [2.45, 2.75) is 38.5 Å². The lowest BCUT2D eigenvalue weighted by atomic mass is 10.0. The monoisotopic (exact) mass is 235 g/mol. The molecule has 2 rings (SSSR count). The highest BCUT2D eigenvalue weighted by molar-refractivity contribution is 5.26. The lowest BCUT2D eigenvalue weighted by Crippen LogP contribution is -2.06. The Balaban J connectivity index is 1.63. The van der Waals surface area contributed by atoms with Gasteiger partial charge in [-0.05, 0) is 18.8 Å². The normalized spacial score (nSPS) is 16.1. The second kappa shape index (κ2) is 6.42. The molecule has 1 saturated carbocycles. The van der Waals surface area contributed by atoms with Gasteiger partial charge in [-0.2, -0.15) is 0 Å². The van der Waals surface area contributed by atoms with E-state index in [0.717, 1.165) is 12.5 Å². The largest absolute Gasteiger partial charge is 0.494 e. The van der Waals surface area contributed by atoms with E-state index in [4.69, 9.17) is 4.74 Å². The van der Waals surface area contributed by atoms with Crippen molar-refractivity contribution in [3.05, 3.63) is 12.4 Å². The molecule has 0 aromatic carbocycles. The van der Waals surface area contributed by atoms with Crippen LogP contribution in [-0.4, -0.2) is 23.6 Å². The standard InChI is InChI=1S/C13H21N3O/c1-17-12-9-15-13(16-10-12)14-8-4-7-11-5-2-3-6-11/h9-11H,2-8H2,1H3,(H,14,15,16). The molecule has 0 amide bonds. The number of nitrogens with zero attached hydrogens (tertiary/aromatic N) is 2. The first-order chi connectivity index (χ1) is 8.38. The smallest absolute Gasteiger partial charge is 0.222 e. The first kappa shape index (κ1) is 12.1. The molecule has 4 heteroatoms. The molecule has 0 saturated heterocycles. The summed E-state index contributed by atoms with van der Waals surface area (Å²) >= 11 is 0. The fourth-order valence-electron chi connectivity index (χ4n) is 2.40. The molecule has 0 bridgehead atoms. The Kier molecular flexibility index (Phi) is 4.59. The van der Waals surface area contributed by atoms with E-state index in [1.807, 2.05) is 0 Å². The van der Waals surface area contributed by atoms with Crippen molar-refractivity contribution >= 4 is 5.95 Å². The zero-order chi connectivity index (χ0) is 11.9. The van der Waals surface area contributed by atoms with Crippen molar-refractivity contribution < 1.29 is 4.74 Å². The first-order valence-electron chi connectivity index (χ1n) is 6.48. The van der Waals surface area contributed by atoms with Gasteiger partial charge in [0.1, 0.15) is 0 Å². The van der Waals surface area contributed by atoms with Crippen LogP contribution in [-0.2, 0) is 0 Å². The molecule has 1 aliphatic carbocycles. The van der Waals surface area contributed by atoms with Gasteiger partial charge in [0.15, 0.2) is 5.75 Å². The van der Waals surface area contributed by atoms with E-state index in [0.29, 0.717) is 11.7 Å². The zero-order valence-corrected chi connectivity index (χ0v) is 10.5. The third kappa shape index (κ3) is 3.88. The van der Waals surface area contributed by atoms with Gasteiger partial charge in [-0.15, -0.1) is 0 Å². The summed E-state index contributed by atoms with van der Waals surface area (Å²) in [5, 5.41) is 3.24. The topological polar surface area (TPSA) is 47.0 Å². The summed E-state index contributed by atoms with van der Waals surface area (Å²) in [6, 6.07) is 0. The number of rotatable bonds is 6. The number of methoxy groups -OCH3 is 1. The van der Waals surface area contributed by atoms with E-state index in [2.05, 4.69) is 15.3 Å². The average Bonchev–Trinajstić information content (AvgIpc) is 2.88. The van der Waals surface area contributed by atoms with Crippen LogP contribution in [0.4, 0.5) is 5.95 Å². The summed E-state index contributed by atoms with van der Waals surface area (Å²) < 4.78 is 5.01. The van der Waals surface area contributed by atoms with Crippen LogP contribution in [0.3, 0.4) is 0 Å². The van der Waals surface area contributed by atoms with E-state index in [1.54, 1.807) is 19.5 Å². The third-order valence-corrected chi connectivity index (χ3v) is 3.41. The molecule has 0 unspecified atom stereocenters. The molecule has 4 nitrogen and oxygen atoms in total. The number of ether oxygens (including phenoxy) is 1. The molecule has 1 aromatic heterocycles. The molecule has 1 aromatic rings.